The van der Waals surface area contributed by atoms with Crippen molar-refractivity contribution >= 4 is 0 Å². The largest absolute Gasteiger partial charge is 0.347 e. The van der Waals surface area contributed by atoms with Crippen molar-refractivity contribution in [3.63, 3.8) is 0 Å². The van der Waals surface area contributed by atoms with Gasteiger partial charge in [-0.05, 0) is 18.9 Å². The van der Waals surface area contributed by atoms with E-state index in [1.54, 1.807) is 6.33 Å². The van der Waals surface area contributed by atoms with Crippen molar-refractivity contribution in [1.82, 2.24) is 15.3 Å². The maximum absolute atomic E-state index is 3.98. The van der Waals surface area contributed by atoms with Crippen LogP contribution in [0.25, 0.3) is 0 Å². The Bertz CT molecular complexity index is 242. The molecule has 0 aliphatic rings. The number of nitrogens with zero attached hydrogens (tertiary/aromatic N) is 1. The van der Waals surface area contributed by atoms with Crippen LogP contribution in [0.3, 0.4) is 0 Å². The van der Waals surface area contributed by atoms with E-state index >= 15 is 0 Å². The van der Waals surface area contributed by atoms with E-state index in [0.29, 0.717) is 0 Å². The molecule has 2 N–H and O–H groups in total. The molecule has 16 heavy (non-hydrogen) atoms. The molecular formula is C13H25N3. The molecule has 0 saturated carbocycles. The molecule has 0 aliphatic carbocycles. The van der Waals surface area contributed by atoms with E-state index in [0.717, 1.165) is 19.0 Å². The summed E-state index contributed by atoms with van der Waals surface area (Å²) in [6, 6.07) is 0. The second kappa shape index (κ2) is 8.34. The lowest BCUT2D eigenvalue weighted by atomic mass is 10.0. The quantitative estimate of drug-likeness (QED) is 0.632. The SMILES string of the molecule is CC(C)CCCCCCNCc1cnc[nH]1. The fourth-order valence-electron chi connectivity index (χ4n) is 1.76. The second-order valence-electron chi connectivity index (χ2n) is 4.85. The zero-order valence-electron chi connectivity index (χ0n) is 10.6. The number of rotatable bonds is 9. The Kier molecular flexibility index (Phi) is 6.90. The van der Waals surface area contributed by atoms with E-state index in [4.69, 9.17) is 0 Å². The molecule has 3 nitrogen and oxygen atoms in total. The summed E-state index contributed by atoms with van der Waals surface area (Å²) in [5.74, 6) is 0.860. The highest BCUT2D eigenvalue weighted by atomic mass is 14.9. The Morgan fingerprint density at radius 3 is 2.75 bits per heavy atom. The van der Waals surface area contributed by atoms with Crippen molar-refractivity contribution in [2.45, 2.75) is 52.5 Å². The van der Waals surface area contributed by atoms with Crippen LogP contribution in [-0.2, 0) is 6.54 Å². The molecule has 0 saturated heterocycles. The van der Waals surface area contributed by atoms with Crippen LogP contribution in [0.15, 0.2) is 12.5 Å². The highest BCUT2D eigenvalue weighted by molar-refractivity contribution is 4.92. The first-order valence-electron chi connectivity index (χ1n) is 6.47. The fourth-order valence-corrected chi connectivity index (χ4v) is 1.76. The van der Waals surface area contributed by atoms with Crippen molar-refractivity contribution in [3.05, 3.63) is 18.2 Å². The molecule has 0 aliphatic heterocycles. The number of unbranched alkanes of at least 4 members (excludes halogenated alkanes) is 3. The van der Waals surface area contributed by atoms with Crippen LogP contribution in [0.1, 0.15) is 51.6 Å². The van der Waals surface area contributed by atoms with Gasteiger partial charge >= 0.3 is 0 Å². The maximum Gasteiger partial charge on any atom is 0.0922 e. The van der Waals surface area contributed by atoms with E-state index in [9.17, 15) is 0 Å². The number of aromatic nitrogens is 2. The van der Waals surface area contributed by atoms with Gasteiger partial charge in [0.1, 0.15) is 0 Å². The lowest BCUT2D eigenvalue weighted by Gasteiger charge is -2.05. The van der Waals surface area contributed by atoms with Gasteiger partial charge < -0.3 is 10.3 Å². The highest BCUT2D eigenvalue weighted by Crippen LogP contribution is 2.08. The normalized spacial score (nSPS) is 11.2. The summed E-state index contributed by atoms with van der Waals surface area (Å²) in [5.41, 5.74) is 1.17. The Hall–Kier alpha value is -0.830. The lowest BCUT2D eigenvalue weighted by Crippen LogP contribution is -2.14. The van der Waals surface area contributed by atoms with Crippen LogP contribution >= 0.6 is 0 Å². The second-order valence-corrected chi connectivity index (χ2v) is 4.85. The molecule has 1 heterocycles. The minimum atomic E-state index is 0.860. The third kappa shape index (κ3) is 6.62. The molecule has 0 aromatic carbocycles. The molecule has 0 amide bonds. The molecule has 0 fully saturated rings. The third-order valence-corrected chi connectivity index (χ3v) is 2.76. The number of nitrogens with one attached hydrogen (secondary N) is 2. The average Bonchev–Trinajstić information content (AvgIpc) is 2.74. The average molecular weight is 223 g/mol. The smallest absolute Gasteiger partial charge is 0.0922 e. The zero-order valence-corrected chi connectivity index (χ0v) is 10.6. The Morgan fingerprint density at radius 1 is 1.25 bits per heavy atom. The van der Waals surface area contributed by atoms with Crippen LogP contribution in [0.2, 0.25) is 0 Å². The number of aromatic amines is 1. The molecule has 0 unspecified atom stereocenters. The van der Waals surface area contributed by atoms with Gasteiger partial charge in [-0.15, -0.1) is 0 Å². The first-order valence-corrected chi connectivity index (χ1v) is 6.47. The lowest BCUT2D eigenvalue weighted by molar-refractivity contribution is 0.512. The number of imidazole rings is 1. The summed E-state index contributed by atoms with van der Waals surface area (Å²) in [6.07, 6.45) is 10.4. The summed E-state index contributed by atoms with van der Waals surface area (Å²) in [4.78, 5) is 7.07. The van der Waals surface area contributed by atoms with Crippen molar-refractivity contribution < 1.29 is 0 Å². The number of hydrogen-bond donors (Lipinski definition) is 2. The molecule has 0 radical (unpaired) electrons. The predicted octanol–water partition coefficient (Wildman–Crippen LogP) is 3.11. The summed E-state index contributed by atoms with van der Waals surface area (Å²) in [7, 11) is 0. The van der Waals surface area contributed by atoms with Gasteiger partial charge in [0, 0.05) is 18.4 Å². The van der Waals surface area contributed by atoms with Crippen molar-refractivity contribution in [1.29, 1.82) is 0 Å². The minimum Gasteiger partial charge on any atom is -0.347 e. The van der Waals surface area contributed by atoms with Gasteiger partial charge in [0.15, 0.2) is 0 Å². The topological polar surface area (TPSA) is 40.7 Å². The Morgan fingerprint density at radius 2 is 2.06 bits per heavy atom. The van der Waals surface area contributed by atoms with Crippen LogP contribution in [0.4, 0.5) is 0 Å². The summed E-state index contributed by atoms with van der Waals surface area (Å²) >= 11 is 0. The summed E-state index contributed by atoms with van der Waals surface area (Å²) in [5, 5.41) is 3.42. The Labute approximate surface area is 99.1 Å². The van der Waals surface area contributed by atoms with Crippen LogP contribution < -0.4 is 5.32 Å². The van der Waals surface area contributed by atoms with Crippen molar-refractivity contribution in [2.75, 3.05) is 6.54 Å². The van der Waals surface area contributed by atoms with E-state index in [1.807, 2.05) is 6.20 Å². The van der Waals surface area contributed by atoms with E-state index in [-0.39, 0.29) is 0 Å². The van der Waals surface area contributed by atoms with E-state index < -0.39 is 0 Å². The molecule has 1 rings (SSSR count). The maximum atomic E-state index is 3.98. The van der Waals surface area contributed by atoms with Crippen LogP contribution in [0, 0.1) is 5.92 Å². The van der Waals surface area contributed by atoms with Crippen LogP contribution in [0.5, 0.6) is 0 Å². The molecule has 1 aromatic rings. The van der Waals surface area contributed by atoms with Gasteiger partial charge in [0.25, 0.3) is 0 Å². The van der Waals surface area contributed by atoms with Crippen LogP contribution in [-0.4, -0.2) is 16.5 Å². The number of H-pyrrole nitrogens is 1. The molecule has 0 spiro atoms. The standard InChI is InChI=1S/C13H25N3/c1-12(2)7-5-3-4-6-8-14-9-13-10-15-11-16-13/h10-12,14H,3-9H2,1-2H3,(H,15,16). The molecule has 92 valence electrons. The van der Waals surface area contributed by atoms with Gasteiger partial charge in [0.2, 0.25) is 0 Å². The number of hydrogen-bond acceptors (Lipinski definition) is 2. The minimum absolute atomic E-state index is 0.860. The van der Waals surface area contributed by atoms with E-state index in [1.165, 1.54) is 37.8 Å². The van der Waals surface area contributed by atoms with Gasteiger partial charge in [-0.25, -0.2) is 4.98 Å². The molecule has 1 aromatic heterocycles. The first-order chi connectivity index (χ1) is 7.79. The third-order valence-electron chi connectivity index (χ3n) is 2.76. The van der Waals surface area contributed by atoms with Gasteiger partial charge in [0.05, 0.1) is 6.33 Å². The first kappa shape index (κ1) is 13.2. The molecular weight excluding hydrogens is 198 g/mol. The Balaban J connectivity index is 1.82. The zero-order chi connectivity index (χ0) is 11.6. The van der Waals surface area contributed by atoms with E-state index in [2.05, 4.69) is 29.1 Å². The molecule has 0 atom stereocenters. The van der Waals surface area contributed by atoms with Crippen molar-refractivity contribution in [3.8, 4) is 0 Å². The fraction of sp³-hybridized carbons (Fsp3) is 0.769. The van der Waals surface area contributed by atoms with Gasteiger partial charge in [-0.2, -0.15) is 0 Å². The summed E-state index contributed by atoms with van der Waals surface area (Å²) in [6.45, 7) is 6.62. The van der Waals surface area contributed by atoms with Gasteiger partial charge in [-0.3, -0.25) is 0 Å². The highest BCUT2D eigenvalue weighted by Gasteiger charge is 1.95. The monoisotopic (exact) mass is 223 g/mol. The molecule has 3 heteroatoms. The molecule has 0 bridgehead atoms. The van der Waals surface area contributed by atoms with Crippen molar-refractivity contribution in [2.24, 2.45) is 5.92 Å². The predicted molar refractivity (Wildman–Crippen MR) is 68.2 cm³/mol. The van der Waals surface area contributed by atoms with Gasteiger partial charge in [-0.1, -0.05) is 39.5 Å². The summed E-state index contributed by atoms with van der Waals surface area (Å²) < 4.78 is 0.